The Morgan fingerprint density at radius 1 is 1.28 bits per heavy atom. The second kappa shape index (κ2) is 5.97. The highest BCUT2D eigenvalue weighted by atomic mass is 32.2. The summed E-state index contributed by atoms with van der Waals surface area (Å²) in [5.41, 5.74) is 0.339. The van der Waals surface area contributed by atoms with Gasteiger partial charge in [0.1, 0.15) is 0 Å². The van der Waals surface area contributed by atoms with Crippen LogP contribution in [0.3, 0.4) is 0 Å². The second-order valence-corrected chi connectivity index (χ2v) is 5.63. The van der Waals surface area contributed by atoms with Crippen LogP contribution >= 0.6 is 0 Å². The maximum atomic E-state index is 12.3. The first-order chi connectivity index (χ1) is 8.47. The predicted octanol–water partition coefficient (Wildman–Crippen LogP) is 1.08. The van der Waals surface area contributed by atoms with Crippen LogP contribution in [0.2, 0.25) is 0 Å². The molecule has 1 rings (SSSR count). The van der Waals surface area contributed by atoms with Crippen molar-refractivity contribution in [2.75, 3.05) is 20.1 Å². The molecule has 0 spiro atoms. The number of sulfonamides is 1. The lowest BCUT2D eigenvalue weighted by atomic mass is 10.2. The van der Waals surface area contributed by atoms with Crippen LogP contribution in [0, 0.1) is 0 Å². The number of amides is 1. The van der Waals surface area contributed by atoms with E-state index in [1.165, 1.54) is 23.5 Å². The molecule has 0 aliphatic rings. The Morgan fingerprint density at radius 3 is 2.39 bits per heavy atom. The fourth-order valence-electron chi connectivity index (χ4n) is 1.65. The van der Waals surface area contributed by atoms with Gasteiger partial charge in [0.2, 0.25) is 10.0 Å². The molecule has 0 heterocycles. The van der Waals surface area contributed by atoms with E-state index in [2.05, 4.69) is 5.32 Å². The van der Waals surface area contributed by atoms with Gasteiger partial charge in [0.05, 0.1) is 4.90 Å². The summed E-state index contributed by atoms with van der Waals surface area (Å²) in [7, 11) is -2.00. The summed E-state index contributed by atoms with van der Waals surface area (Å²) >= 11 is 0. The molecule has 18 heavy (non-hydrogen) atoms. The van der Waals surface area contributed by atoms with Gasteiger partial charge < -0.3 is 5.32 Å². The van der Waals surface area contributed by atoms with Crippen LogP contribution in [-0.2, 0) is 10.0 Å². The molecule has 1 N–H and O–H groups in total. The molecule has 1 amide bonds. The van der Waals surface area contributed by atoms with Gasteiger partial charge in [0.15, 0.2) is 0 Å². The van der Waals surface area contributed by atoms with Crippen molar-refractivity contribution < 1.29 is 13.2 Å². The molecule has 0 bridgehead atoms. The van der Waals surface area contributed by atoms with E-state index in [0.717, 1.165) is 0 Å². The van der Waals surface area contributed by atoms with Crippen molar-refractivity contribution in [1.82, 2.24) is 9.62 Å². The average Bonchev–Trinajstić information content (AvgIpc) is 2.39. The van der Waals surface area contributed by atoms with E-state index in [0.29, 0.717) is 18.7 Å². The van der Waals surface area contributed by atoms with Gasteiger partial charge in [0, 0.05) is 25.7 Å². The van der Waals surface area contributed by atoms with Crippen molar-refractivity contribution in [2.24, 2.45) is 0 Å². The molecule has 0 radical (unpaired) electrons. The zero-order valence-corrected chi connectivity index (χ0v) is 11.6. The van der Waals surface area contributed by atoms with Crippen LogP contribution in [0.25, 0.3) is 0 Å². The van der Waals surface area contributed by atoms with Crippen molar-refractivity contribution >= 4 is 15.9 Å². The summed E-state index contributed by atoms with van der Waals surface area (Å²) in [4.78, 5) is 11.6. The monoisotopic (exact) mass is 270 g/mol. The molecule has 0 aromatic heterocycles. The Bertz CT molecular complexity index is 522. The number of nitrogens with one attached hydrogen (secondary N) is 1. The maximum Gasteiger partial charge on any atom is 0.251 e. The van der Waals surface area contributed by atoms with E-state index in [1.54, 1.807) is 26.0 Å². The summed E-state index contributed by atoms with van der Waals surface area (Å²) in [5, 5.41) is 2.47. The van der Waals surface area contributed by atoms with Crippen LogP contribution in [0.15, 0.2) is 29.2 Å². The summed E-state index contributed by atoms with van der Waals surface area (Å²) < 4.78 is 25.9. The Balaban J connectivity index is 3.21. The molecule has 100 valence electrons. The van der Waals surface area contributed by atoms with Crippen LogP contribution in [0.5, 0.6) is 0 Å². The number of hydrogen-bond donors (Lipinski definition) is 1. The summed E-state index contributed by atoms with van der Waals surface area (Å²) in [6.45, 7) is 4.37. The first-order valence-corrected chi connectivity index (χ1v) is 7.23. The summed E-state index contributed by atoms with van der Waals surface area (Å²) in [5.74, 6) is -0.299. The molecule has 0 aliphatic carbocycles. The third-order valence-corrected chi connectivity index (χ3v) is 4.71. The molecular weight excluding hydrogens is 252 g/mol. The fraction of sp³-hybridized carbons (Fsp3) is 0.417. The molecule has 6 heteroatoms. The maximum absolute atomic E-state index is 12.3. The number of carbonyl (C=O) groups excluding carboxylic acids is 1. The van der Waals surface area contributed by atoms with Crippen LogP contribution < -0.4 is 5.32 Å². The first kappa shape index (κ1) is 14.7. The Kier molecular flexibility index (Phi) is 4.86. The van der Waals surface area contributed by atoms with E-state index < -0.39 is 10.0 Å². The highest BCUT2D eigenvalue weighted by Crippen LogP contribution is 2.16. The quantitative estimate of drug-likeness (QED) is 0.870. The SMILES string of the molecule is CCN(CC)S(=O)(=O)c1cccc(C(=O)NC)c1. The third kappa shape index (κ3) is 2.88. The van der Waals surface area contributed by atoms with E-state index in [4.69, 9.17) is 0 Å². The normalized spacial score (nSPS) is 11.6. The number of hydrogen-bond acceptors (Lipinski definition) is 3. The minimum atomic E-state index is -3.51. The number of carbonyl (C=O) groups is 1. The molecule has 0 fully saturated rings. The van der Waals surface area contributed by atoms with Crippen molar-refractivity contribution in [1.29, 1.82) is 0 Å². The van der Waals surface area contributed by atoms with Gasteiger partial charge in [-0.05, 0) is 18.2 Å². The largest absolute Gasteiger partial charge is 0.355 e. The average molecular weight is 270 g/mol. The van der Waals surface area contributed by atoms with Crippen LogP contribution in [0.1, 0.15) is 24.2 Å². The molecule has 0 saturated heterocycles. The van der Waals surface area contributed by atoms with Crippen molar-refractivity contribution in [3.8, 4) is 0 Å². The molecule has 5 nitrogen and oxygen atoms in total. The van der Waals surface area contributed by atoms with Crippen LogP contribution in [0.4, 0.5) is 0 Å². The van der Waals surface area contributed by atoms with E-state index in [1.807, 2.05) is 0 Å². The number of rotatable bonds is 5. The lowest BCUT2D eigenvalue weighted by molar-refractivity contribution is 0.0963. The second-order valence-electron chi connectivity index (χ2n) is 3.70. The third-order valence-electron chi connectivity index (χ3n) is 2.67. The van der Waals surface area contributed by atoms with Gasteiger partial charge in [0.25, 0.3) is 5.91 Å². The molecule has 1 aromatic rings. The Hall–Kier alpha value is -1.40. The van der Waals surface area contributed by atoms with Crippen molar-refractivity contribution in [3.05, 3.63) is 29.8 Å². The predicted molar refractivity (Wildman–Crippen MR) is 69.9 cm³/mol. The van der Waals surface area contributed by atoms with Crippen molar-refractivity contribution in [3.63, 3.8) is 0 Å². The highest BCUT2D eigenvalue weighted by molar-refractivity contribution is 7.89. The van der Waals surface area contributed by atoms with Gasteiger partial charge in [-0.2, -0.15) is 4.31 Å². The smallest absolute Gasteiger partial charge is 0.251 e. The Morgan fingerprint density at radius 2 is 1.89 bits per heavy atom. The summed E-state index contributed by atoms with van der Waals surface area (Å²) in [6, 6.07) is 6.05. The minimum absolute atomic E-state index is 0.146. The van der Waals surface area contributed by atoms with E-state index >= 15 is 0 Å². The highest BCUT2D eigenvalue weighted by Gasteiger charge is 2.22. The fourth-order valence-corrected chi connectivity index (χ4v) is 3.16. The standard InChI is InChI=1S/C12H18N2O3S/c1-4-14(5-2)18(16,17)11-8-6-7-10(9-11)12(15)13-3/h6-9H,4-5H2,1-3H3,(H,13,15). The lowest BCUT2D eigenvalue weighted by Crippen LogP contribution is -2.30. The van der Waals surface area contributed by atoms with Gasteiger partial charge >= 0.3 is 0 Å². The zero-order valence-electron chi connectivity index (χ0n) is 10.8. The molecule has 0 unspecified atom stereocenters. The topological polar surface area (TPSA) is 66.5 Å². The Labute approximate surface area is 108 Å². The molecule has 0 saturated carbocycles. The van der Waals surface area contributed by atoms with Gasteiger partial charge in [-0.25, -0.2) is 8.42 Å². The first-order valence-electron chi connectivity index (χ1n) is 5.79. The molecule has 1 aromatic carbocycles. The molecular formula is C12H18N2O3S. The molecule has 0 aliphatic heterocycles. The van der Waals surface area contributed by atoms with E-state index in [-0.39, 0.29) is 10.8 Å². The van der Waals surface area contributed by atoms with Crippen LogP contribution in [-0.4, -0.2) is 38.8 Å². The van der Waals surface area contributed by atoms with E-state index in [9.17, 15) is 13.2 Å². The molecule has 0 atom stereocenters. The van der Waals surface area contributed by atoms with Gasteiger partial charge in [-0.1, -0.05) is 19.9 Å². The van der Waals surface area contributed by atoms with Crippen molar-refractivity contribution in [2.45, 2.75) is 18.7 Å². The van der Waals surface area contributed by atoms with Gasteiger partial charge in [-0.3, -0.25) is 4.79 Å². The minimum Gasteiger partial charge on any atom is -0.355 e. The summed E-state index contributed by atoms with van der Waals surface area (Å²) in [6.07, 6.45) is 0. The lowest BCUT2D eigenvalue weighted by Gasteiger charge is -2.18. The number of benzene rings is 1. The zero-order chi connectivity index (χ0) is 13.8. The number of nitrogens with zero attached hydrogens (tertiary/aromatic N) is 1. The van der Waals surface area contributed by atoms with Gasteiger partial charge in [-0.15, -0.1) is 0 Å².